The van der Waals surface area contributed by atoms with Crippen LogP contribution in [0.25, 0.3) is 22.2 Å². The highest BCUT2D eigenvalue weighted by atomic mass is 35.5. The number of fused-ring (bicyclic) bond motifs is 1. The van der Waals surface area contributed by atoms with Gasteiger partial charge >= 0.3 is 12.1 Å². The number of nitrogens with one attached hydrogen (secondary N) is 1. The number of aromatic nitrogens is 2. The van der Waals surface area contributed by atoms with E-state index in [-0.39, 0.29) is 5.92 Å². The zero-order valence-electron chi connectivity index (χ0n) is 28.3. The lowest BCUT2D eigenvalue weighted by atomic mass is 9.83. The number of aromatic amines is 1. The zero-order valence-corrected chi connectivity index (χ0v) is 29.1. The summed E-state index contributed by atoms with van der Waals surface area (Å²) in [6, 6.07) is 23.2. The standard InChI is InChI=1S/C39H40ClN5O6/c1-50-38(47)33-9-7-30(22-35(33)51-31-21-28-10-13-41-37(28)42-23-31)44-14-11-27(12-15-44)36(46)34-20-25(24-43-16-18-45(19-17-43)39(48)49)2-8-32(34)26-3-5-29(40)6-4-26/h2-10,13,20-23,27,36,46H,11-12,14-19,24H2,1H3,(H,41,42)(H,48,49). The predicted molar refractivity (Wildman–Crippen MR) is 196 cm³/mol. The monoisotopic (exact) mass is 709 g/mol. The molecule has 264 valence electrons. The molecule has 0 spiro atoms. The van der Waals surface area contributed by atoms with Crippen molar-refractivity contribution in [1.29, 1.82) is 0 Å². The number of hydrogen-bond donors (Lipinski definition) is 3. The third kappa shape index (κ3) is 7.65. The first-order chi connectivity index (χ1) is 24.7. The summed E-state index contributed by atoms with van der Waals surface area (Å²) in [4.78, 5) is 37.5. The topological polar surface area (TPSA) is 131 Å². The fraction of sp³-hybridized carbons (Fsp3) is 0.308. The van der Waals surface area contributed by atoms with Gasteiger partial charge in [0.05, 0.1) is 19.4 Å². The van der Waals surface area contributed by atoms with E-state index in [0.29, 0.717) is 67.9 Å². The van der Waals surface area contributed by atoms with Gasteiger partial charge in [-0.2, -0.15) is 0 Å². The van der Waals surface area contributed by atoms with Crippen LogP contribution in [-0.2, 0) is 11.3 Å². The molecule has 1 atom stereocenters. The van der Waals surface area contributed by atoms with E-state index in [2.05, 4.69) is 38.0 Å². The van der Waals surface area contributed by atoms with Crippen molar-refractivity contribution in [3.8, 4) is 22.6 Å². The molecule has 11 nitrogen and oxygen atoms in total. The van der Waals surface area contributed by atoms with Gasteiger partial charge < -0.3 is 34.5 Å². The van der Waals surface area contributed by atoms with Crippen LogP contribution >= 0.6 is 11.6 Å². The van der Waals surface area contributed by atoms with Crippen molar-refractivity contribution < 1.29 is 29.3 Å². The summed E-state index contributed by atoms with van der Waals surface area (Å²) in [5, 5.41) is 22.9. The number of hydrogen-bond acceptors (Lipinski definition) is 8. The molecule has 0 radical (unpaired) electrons. The lowest BCUT2D eigenvalue weighted by Crippen LogP contribution is -2.47. The van der Waals surface area contributed by atoms with E-state index in [1.807, 2.05) is 54.7 Å². The number of anilines is 1. The number of methoxy groups -OCH3 is 1. The maximum absolute atomic E-state index is 12.7. The van der Waals surface area contributed by atoms with Gasteiger partial charge in [0, 0.05) is 74.2 Å². The van der Waals surface area contributed by atoms with Gasteiger partial charge in [0.1, 0.15) is 22.7 Å². The molecular weight excluding hydrogens is 670 g/mol. The van der Waals surface area contributed by atoms with Crippen LogP contribution in [0.3, 0.4) is 0 Å². The molecule has 3 aromatic carbocycles. The Morgan fingerprint density at radius 1 is 0.961 bits per heavy atom. The molecule has 0 aliphatic carbocycles. The minimum Gasteiger partial charge on any atom is -0.465 e. The molecule has 51 heavy (non-hydrogen) atoms. The Morgan fingerprint density at radius 2 is 1.73 bits per heavy atom. The van der Waals surface area contributed by atoms with E-state index in [4.69, 9.17) is 21.1 Å². The number of aliphatic hydroxyl groups is 1. The Kier molecular flexibility index (Phi) is 10.1. The molecule has 3 N–H and O–H groups in total. The summed E-state index contributed by atoms with van der Waals surface area (Å²) in [5.41, 5.74) is 5.88. The van der Waals surface area contributed by atoms with Crippen molar-refractivity contribution in [2.75, 3.05) is 51.3 Å². The number of piperidine rings is 1. The fourth-order valence-electron chi connectivity index (χ4n) is 7.10. The van der Waals surface area contributed by atoms with Crippen LogP contribution in [0.15, 0.2) is 85.2 Å². The highest BCUT2D eigenvalue weighted by Gasteiger charge is 2.30. The molecule has 5 aromatic rings. The smallest absolute Gasteiger partial charge is 0.407 e. The molecule has 2 aromatic heterocycles. The SMILES string of the molecule is COC(=O)c1ccc(N2CCC(C(O)c3cc(CN4CCN(C(=O)O)CC4)ccc3-c3ccc(Cl)cc3)CC2)cc1Oc1cnc2[nH]ccc2c1. The number of H-pyrrole nitrogens is 1. The van der Waals surface area contributed by atoms with Crippen molar-refractivity contribution >= 4 is 40.4 Å². The number of pyridine rings is 1. The number of benzene rings is 3. The number of aliphatic hydroxyl groups excluding tert-OH is 1. The fourth-order valence-corrected chi connectivity index (χ4v) is 7.23. The number of nitrogens with zero attached hydrogens (tertiary/aromatic N) is 4. The highest BCUT2D eigenvalue weighted by molar-refractivity contribution is 6.30. The van der Waals surface area contributed by atoms with Gasteiger partial charge in [-0.15, -0.1) is 0 Å². The first kappa shape index (κ1) is 34.4. The second-order valence-corrected chi connectivity index (χ2v) is 13.5. The lowest BCUT2D eigenvalue weighted by molar-refractivity contribution is 0.0597. The molecule has 1 amide bonds. The third-order valence-electron chi connectivity index (χ3n) is 9.96. The number of amides is 1. The van der Waals surface area contributed by atoms with E-state index in [1.165, 1.54) is 12.0 Å². The summed E-state index contributed by atoms with van der Waals surface area (Å²) < 4.78 is 11.3. The van der Waals surface area contributed by atoms with Crippen LogP contribution in [0.5, 0.6) is 11.5 Å². The number of carboxylic acid groups (broad SMARTS) is 1. The molecule has 4 heterocycles. The molecule has 0 saturated carbocycles. The normalized spacial score (nSPS) is 16.3. The molecule has 2 fully saturated rings. The maximum atomic E-state index is 12.7. The van der Waals surface area contributed by atoms with E-state index in [0.717, 1.165) is 51.8 Å². The summed E-state index contributed by atoms with van der Waals surface area (Å²) >= 11 is 6.21. The summed E-state index contributed by atoms with van der Waals surface area (Å²) in [6.07, 6.45) is 3.36. The third-order valence-corrected chi connectivity index (χ3v) is 10.2. The van der Waals surface area contributed by atoms with Gasteiger partial charge in [-0.05, 0) is 77.4 Å². The summed E-state index contributed by atoms with van der Waals surface area (Å²) in [6.45, 7) is 4.37. The summed E-state index contributed by atoms with van der Waals surface area (Å²) in [7, 11) is 1.35. The van der Waals surface area contributed by atoms with Crippen molar-refractivity contribution in [1.82, 2.24) is 19.8 Å². The number of piperazine rings is 1. The number of ether oxygens (including phenoxy) is 2. The first-order valence-corrected chi connectivity index (χ1v) is 17.5. The quantitative estimate of drug-likeness (QED) is 0.136. The molecule has 1 unspecified atom stereocenters. The number of rotatable bonds is 9. The first-order valence-electron chi connectivity index (χ1n) is 17.1. The van der Waals surface area contributed by atoms with Crippen molar-refractivity contribution in [2.45, 2.75) is 25.5 Å². The minimum absolute atomic E-state index is 0.0193. The molecular formula is C39H40ClN5O6. The Labute approximate surface area is 301 Å². The van der Waals surface area contributed by atoms with Gasteiger partial charge in [0.2, 0.25) is 0 Å². The molecule has 2 saturated heterocycles. The van der Waals surface area contributed by atoms with Gasteiger partial charge in [0.25, 0.3) is 0 Å². The van der Waals surface area contributed by atoms with Crippen molar-refractivity contribution in [2.24, 2.45) is 5.92 Å². The number of halogens is 1. The van der Waals surface area contributed by atoms with Crippen LogP contribution in [0, 0.1) is 5.92 Å². The largest absolute Gasteiger partial charge is 0.465 e. The molecule has 7 rings (SSSR count). The van der Waals surface area contributed by atoms with Gasteiger partial charge in [-0.1, -0.05) is 41.9 Å². The Morgan fingerprint density at radius 3 is 2.45 bits per heavy atom. The molecule has 12 heteroatoms. The average molecular weight is 710 g/mol. The average Bonchev–Trinajstić information content (AvgIpc) is 3.63. The van der Waals surface area contributed by atoms with E-state index < -0.39 is 18.2 Å². The highest BCUT2D eigenvalue weighted by Crippen LogP contribution is 2.39. The van der Waals surface area contributed by atoms with Crippen molar-refractivity contribution in [3.63, 3.8) is 0 Å². The molecule has 0 bridgehead atoms. The van der Waals surface area contributed by atoms with E-state index in [9.17, 15) is 19.8 Å². The van der Waals surface area contributed by atoms with Crippen LogP contribution < -0.4 is 9.64 Å². The lowest BCUT2D eigenvalue weighted by Gasteiger charge is -2.36. The number of carbonyl (C=O) groups is 2. The van der Waals surface area contributed by atoms with Gasteiger partial charge in [-0.3, -0.25) is 4.90 Å². The Balaban J connectivity index is 1.08. The second kappa shape index (κ2) is 15.0. The van der Waals surface area contributed by atoms with Crippen molar-refractivity contribution in [3.05, 3.63) is 107 Å². The van der Waals surface area contributed by atoms with E-state index in [1.54, 1.807) is 12.3 Å². The predicted octanol–water partition coefficient (Wildman–Crippen LogP) is 7.21. The molecule has 2 aliphatic rings. The van der Waals surface area contributed by atoms with Gasteiger partial charge in [0.15, 0.2) is 0 Å². The second-order valence-electron chi connectivity index (χ2n) is 13.1. The van der Waals surface area contributed by atoms with Gasteiger partial charge in [-0.25, -0.2) is 14.6 Å². The summed E-state index contributed by atoms with van der Waals surface area (Å²) in [5.74, 6) is 0.417. The Hall–Kier alpha value is -5.10. The van der Waals surface area contributed by atoms with Crippen LogP contribution in [0.4, 0.5) is 10.5 Å². The maximum Gasteiger partial charge on any atom is 0.407 e. The van der Waals surface area contributed by atoms with Crippen LogP contribution in [0.1, 0.15) is 40.4 Å². The minimum atomic E-state index is -0.881. The van der Waals surface area contributed by atoms with Crippen LogP contribution in [0.2, 0.25) is 5.02 Å². The van der Waals surface area contributed by atoms with Crippen LogP contribution in [-0.4, -0.2) is 88.4 Å². The Bertz CT molecular complexity index is 2020. The number of carbonyl (C=O) groups excluding carboxylic acids is 1. The number of esters is 1. The molecule has 2 aliphatic heterocycles. The van der Waals surface area contributed by atoms with E-state index >= 15 is 0 Å². The zero-order chi connectivity index (χ0) is 35.5.